The van der Waals surface area contributed by atoms with Crippen molar-refractivity contribution in [3.63, 3.8) is 0 Å². The molecule has 24 heavy (non-hydrogen) atoms. The van der Waals surface area contributed by atoms with Gasteiger partial charge >= 0.3 is 0 Å². The van der Waals surface area contributed by atoms with Gasteiger partial charge in [0.05, 0.1) is 0 Å². The van der Waals surface area contributed by atoms with Crippen LogP contribution in [0.4, 0.5) is 14.5 Å². The molecule has 1 heterocycles. The van der Waals surface area contributed by atoms with E-state index in [1.807, 2.05) is 12.1 Å². The van der Waals surface area contributed by atoms with Crippen LogP contribution in [-0.2, 0) is 6.42 Å². The van der Waals surface area contributed by atoms with E-state index >= 15 is 0 Å². The maximum atomic E-state index is 13.5. The fourth-order valence-electron chi connectivity index (χ4n) is 2.97. The van der Waals surface area contributed by atoms with E-state index in [1.54, 1.807) is 0 Å². The predicted octanol–water partition coefficient (Wildman–Crippen LogP) is 3.54. The lowest BCUT2D eigenvalue weighted by molar-refractivity contribution is 0.0945. The highest BCUT2D eigenvalue weighted by molar-refractivity contribution is 5.94. The molecule has 2 aromatic carbocycles. The Hall–Kier alpha value is -2.43. The van der Waals surface area contributed by atoms with Gasteiger partial charge in [0.2, 0.25) is 0 Å². The minimum Gasteiger partial charge on any atom is -0.372 e. The lowest BCUT2D eigenvalue weighted by atomic mass is 10.1. The van der Waals surface area contributed by atoms with Gasteiger partial charge in [-0.15, -0.1) is 0 Å². The first-order valence-electron chi connectivity index (χ1n) is 8.21. The van der Waals surface area contributed by atoms with Crippen LogP contribution in [0, 0.1) is 11.6 Å². The molecule has 1 fully saturated rings. The molecule has 1 aliphatic heterocycles. The van der Waals surface area contributed by atoms with Gasteiger partial charge in [-0.3, -0.25) is 4.79 Å². The second-order valence-corrected chi connectivity index (χ2v) is 5.96. The Bertz CT molecular complexity index is 690. The largest absolute Gasteiger partial charge is 0.372 e. The van der Waals surface area contributed by atoms with Crippen LogP contribution in [0.2, 0.25) is 0 Å². The predicted molar refractivity (Wildman–Crippen MR) is 90.3 cm³/mol. The van der Waals surface area contributed by atoms with Gasteiger partial charge in [-0.05, 0) is 49.1 Å². The lowest BCUT2D eigenvalue weighted by Gasteiger charge is -2.17. The molecule has 2 aromatic rings. The SMILES string of the molecule is O=C(NCCc1ccc(N2CCCC2)cc1)c1c(F)cccc1F. The summed E-state index contributed by atoms with van der Waals surface area (Å²) in [6.45, 7) is 2.53. The quantitative estimate of drug-likeness (QED) is 0.909. The molecule has 0 radical (unpaired) electrons. The molecule has 0 saturated carbocycles. The highest BCUT2D eigenvalue weighted by Crippen LogP contribution is 2.20. The summed E-state index contributed by atoms with van der Waals surface area (Å²) >= 11 is 0. The van der Waals surface area contributed by atoms with Crippen molar-refractivity contribution in [2.75, 3.05) is 24.5 Å². The molecular weight excluding hydrogens is 310 g/mol. The van der Waals surface area contributed by atoms with Crippen molar-refractivity contribution in [2.45, 2.75) is 19.3 Å². The molecule has 1 N–H and O–H groups in total. The number of nitrogens with one attached hydrogen (secondary N) is 1. The molecule has 3 rings (SSSR count). The second kappa shape index (κ2) is 7.43. The molecule has 126 valence electrons. The summed E-state index contributed by atoms with van der Waals surface area (Å²) in [5.41, 5.74) is 1.77. The third-order valence-electron chi connectivity index (χ3n) is 4.30. The molecule has 3 nitrogen and oxygen atoms in total. The van der Waals surface area contributed by atoms with Crippen molar-refractivity contribution in [1.29, 1.82) is 0 Å². The molecule has 1 amide bonds. The number of halogens is 2. The van der Waals surface area contributed by atoms with Gasteiger partial charge in [0, 0.05) is 25.3 Å². The smallest absolute Gasteiger partial charge is 0.257 e. The minimum absolute atomic E-state index is 0.329. The van der Waals surface area contributed by atoms with Gasteiger partial charge in [0.25, 0.3) is 5.91 Å². The summed E-state index contributed by atoms with van der Waals surface area (Å²) in [5.74, 6) is -2.41. The summed E-state index contributed by atoms with van der Waals surface area (Å²) in [6, 6.07) is 11.6. The van der Waals surface area contributed by atoms with Crippen LogP contribution < -0.4 is 10.2 Å². The second-order valence-electron chi connectivity index (χ2n) is 5.96. The first-order valence-corrected chi connectivity index (χ1v) is 8.21. The fraction of sp³-hybridized carbons (Fsp3) is 0.316. The zero-order valence-corrected chi connectivity index (χ0v) is 13.4. The van der Waals surface area contributed by atoms with Crippen LogP contribution in [0.15, 0.2) is 42.5 Å². The summed E-state index contributed by atoms with van der Waals surface area (Å²) < 4.78 is 27.1. The van der Waals surface area contributed by atoms with Crippen molar-refractivity contribution in [1.82, 2.24) is 5.32 Å². The Balaban J connectivity index is 1.53. The number of rotatable bonds is 5. The van der Waals surface area contributed by atoms with E-state index in [1.165, 1.54) is 24.6 Å². The topological polar surface area (TPSA) is 32.3 Å². The summed E-state index contributed by atoms with van der Waals surface area (Å²) in [6.07, 6.45) is 3.09. The normalized spacial score (nSPS) is 14.0. The summed E-state index contributed by atoms with van der Waals surface area (Å²) in [4.78, 5) is 14.3. The van der Waals surface area contributed by atoms with Crippen LogP contribution in [-0.4, -0.2) is 25.5 Å². The van der Waals surface area contributed by atoms with E-state index in [-0.39, 0.29) is 0 Å². The molecule has 0 unspecified atom stereocenters. The maximum Gasteiger partial charge on any atom is 0.257 e. The number of carbonyl (C=O) groups excluding carboxylic acids is 1. The average molecular weight is 330 g/mol. The van der Waals surface area contributed by atoms with E-state index in [9.17, 15) is 13.6 Å². The Kier molecular flexibility index (Phi) is 5.08. The van der Waals surface area contributed by atoms with Crippen molar-refractivity contribution < 1.29 is 13.6 Å². The number of nitrogens with zero attached hydrogens (tertiary/aromatic N) is 1. The number of hydrogen-bond donors (Lipinski definition) is 1. The number of amides is 1. The van der Waals surface area contributed by atoms with Crippen LogP contribution in [0.5, 0.6) is 0 Å². The molecule has 1 saturated heterocycles. The van der Waals surface area contributed by atoms with Crippen molar-refractivity contribution >= 4 is 11.6 Å². The van der Waals surface area contributed by atoms with E-state index in [2.05, 4.69) is 22.3 Å². The van der Waals surface area contributed by atoms with Gasteiger partial charge in [-0.2, -0.15) is 0 Å². The third kappa shape index (κ3) is 3.72. The Labute approximate surface area is 140 Å². The number of benzene rings is 2. The van der Waals surface area contributed by atoms with E-state index in [4.69, 9.17) is 0 Å². The van der Waals surface area contributed by atoms with Crippen LogP contribution >= 0.6 is 0 Å². The highest BCUT2D eigenvalue weighted by Gasteiger charge is 2.16. The lowest BCUT2D eigenvalue weighted by Crippen LogP contribution is -2.27. The van der Waals surface area contributed by atoms with Crippen molar-refractivity contribution in [2.24, 2.45) is 0 Å². The standard InChI is InChI=1S/C19H20F2N2O/c20-16-4-3-5-17(21)18(16)19(24)22-11-10-14-6-8-15(9-7-14)23-12-1-2-13-23/h3-9H,1-2,10-13H2,(H,22,24). The molecule has 0 atom stereocenters. The molecular formula is C19H20F2N2O. The van der Waals surface area contributed by atoms with E-state index in [0.717, 1.165) is 30.8 Å². The van der Waals surface area contributed by atoms with Crippen LogP contribution in [0.1, 0.15) is 28.8 Å². The zero-order valence-electron chi connectivity index (χ0n) is 13.4. The average Bonchev–Trinajstić information content (AvgIpc) is 3.10. The molecule has 5 heteroatoms. The van der Waals surface area contributed by atoms with Crippen molar-refractivity contribution in [3.05, 3.63) is 65.2 Å². The number of hydrogen-bond acceptors (Lipinski definition) is 2. The first-order chi connectivity index (χ1) is 11.6. The van der Waals surface area contributed by atoms with Crippen molar-refractivity contribution in [3.8, 4) is 0 Å². The molecule has 0 aromatic heterocycles. The third-order valence-corrected chi connectivity index (χ3v) is 4.30. The monoisotopic (exact) mass is 330 g/mol. The van der Waals surface area contributed by atoms with Gasteiger partial charge in [-0.25, -0.2) is 8.78 Å². The highest BCUT2D eigenvalue weighted by atomic mass is 19.1. The Morgan fingerprint density at radius 1 is 1.00 bits per heavy atom. The van der Waals surface area contributed by atoms with E-state index in [0.29, 0.717) is 13.0 Å². The number of anilines is 1. The van der Waals surface area contributed by atoms with Crippen LogP contribution in [0.3, 0.4) is 0 Å². The first kappa shape index (κ1) is 16.4. The van der Waals surface area contributed by atoms with E-state index < -0.39 is 23.1 Å². The maximum absolute atomic E-state index is 13.5. The fourth-order valence-corrected chi connectivity index (χ4v) is 2.97. The molecule has 0 bridgehead atoms. The van der Waals surface area contributed by atoms with Gasteiger partial charge < -0.3 is 10.2 Å². The van der Waals surface area contributed by atoms with Gasteiger partial charge in [0.1, 0.15) is 17.2 Å². The Morgan fingerprint density at radius 3 is 2.25 bits per heavy atom. The zero-order chi connectivity index (χ0) is 16.9. The molecule has 1 aliphatic rings. The Morgan fingerprint density at radius 2 is 1.62 bits per heavy atom. The van der Waals surface area contributed by atoms with Gasteiger partial charge in [0.15, 0.2) is 0 Å². The van der Waals surface area contributed by atoms with Gasteiger partial charge in [-0.1, -0.05) is 18.2 Å². The summed E-state index contributed by atoms with van der Waals surface area (Å²) in [5, 5.41) is 2.57. The summed E-state index contributed by atoms with van der Waals surface area (Å²) in [7, 11) is 0. The molecule has 0 aliphatic carbocycles. The van der Waals surface area contributed by atoms with Crippen LogP contribution in [0.25, 0.3) is 0 Å². The minimum atomic E-state index is -0.845. The molecule has 0 spiro atoms. The number of carbonyl (C=O) groups is 1.